The molecule has 104 valence electrons. The number of sulfonamides is 1. The molecule has 0 atom stereocenters. The topological polar surface area (TPSA) is 108 Å². The highest BCUT2D eigenvalue weighted by molar-refractivity contribution is 7.89. The summed E-state index contributed by atoms with van der Waals surface area (Å²) in [4.78, 5) is 5.23. The van der Waals surface area contributed by atoms with Gasteiger partial charge in [0.1, 0.15) is 5.01 Å². The molecule has 0 aromatic carbocycles. The quantitative estimate of drug-likeness (QED) is 0.716. The van der Waals surface area contributed by atoms with Crippen LogP contribution in [-0.4, -0.2) is 28.7 Å². The Morgan fingerprint density at radius 2 is 2.26 bits per heavy atom. The number of aromatic nitrogens is 3. The minimum absolute atomic E-state index is 0.109. The van der Waals surface area contributed by atoms with Crippen molar-refractivity contribution in [3.05, 3.63) is 27.8 Å². The fourth-order valence-corrected chi connectivity index (χ4v) is 3.47. The van der Waals surface area contributed by atoms with Crippen LogP contribution in [0.5, 0.6) is 0 Å². The molecule has 0 aliphatic heterocycles. The number of aryl methyl sites for hydroxylation is 1. The minimum Gasteiger partial charge on any atom is -0.392 e. The van der Waals surface area contributed by atoms with Gasteiger partial charge in [-0.2, -0.15) is 5.10 Å². The Labute approximate surface area is 114 Å². The molecule has 19 heavy (non-hydrogen) atoms. The van der Waals surface area contributed by atoms with E-state index in [1.807, 2.05) is 6.92 Å². The molecule has 0 aliphatic rings. The van der Waals surface area contributed by atoms with Crippen LogP contribution in [0.15, 0.2) is 17.4 Å². The lowest BCUT2D eigenvalue weighted by atomic mass is 10.4. The summed E-state index contributed by atoms with van der Waals surface area (Å²) in [6.45, 7) is 1.75. The number of H-pyrrole nitrogens is 1. The second-order valence-corrected chi connectivity index (χ2v) is 6.68. The number of aromatic amines is 1. The summed E-state index contributed by atoms with van der Waals surface area (Å²) in [6.07, 6.45) is 3.90. The molecular formula is C10H14N4O3S2. The highest BCUT2D eigenvalue weighted by Crippen LogP contribution is 2.15. The Hall–Kier alpha value is -1.29. The third kappa shape index (κ3) is 3.18. The van der Waals surface area contributed by atoms with Gasteiger partial charge in [0, 0.05) is 16.6 Å². The predicted molar refractivity (Wildman–Crippen MR) is 70.0 cm³/mol. The Bertz CT molecular complexity index is 647. The maximum absolute atomic E-state index is 12.0. The van der Waals surface area contributed by atoms with Gasteiger partial charge in [-0.05, 0) is 6.42 Å². The van der Waals surface area contributed by atoms with Crippen molar-refractivity contribution < 1.29 is 13.5 Å². The summed E-state index contributed by atoms with van der Waals surface area (Å²) in [5.74, 6) is 0. The van der Waals surface area contributed by atoms with Gasteiger partial charge in [-0.15, -0.1) is 11.3 Å². The molecule has 0 spiro atoms. The first-order chi connectivity index (χ1) is 9.06. The maximum Gasteiger partial charge on any atom is 0.258 e. The number of thiazole rings is 1. The molecule has 0 fully saturated rings. The Kier molecular flexibility index (Phi) is 4.30. The maximum atomic E-state index is 12.0. The van der Waals surface area contributed by atoms with E-state index in [0.29, 0.717) is 5.01 Å². The summed E-state index contributed by atoms with van der Waals surface area (Å²) >= 11 is 1.47. The number of rotatable bonds is 6. The number of nitrogens with one attached hydrogen (secondary N) is 2. The number of hydrogen-bond donors (Lipinski definition) is 3. The molecule has 2 aromatic rings. The molecule has 0 bridgehead atoms. The van der Waals surface area contributed by atoms with Crippen LogP contribution in [0.4, 0.5) is 0 Å². The van der Waals surface area contributed by atoms with E-state index in [0.717, 1.165) is 11.3 Å². The van der Waals surface area contributed by atoms with E-state index >= 15 is 0 Å². The zero-order valence-corrected chi connectivity index (χ0v) is 11.9. The van der Waals surface area contributed by atoms with Crippen LogP contribution in [0.3, 0.4) is 0 Å². The van der Waals surface area contributed by atoms with E-state index < -0.39 is 10.0 Å². The van der Waals surface area contributed by atoms with Crippen LogP contribution in [0.25, 0.3) is 0 Å². The van der Waals surface area contributed by atoms with E-state index in [2.05, 4.69) is 19.9 Å². The predicted octanol–water partition coefficient (Wildman–Crippen LogP) is 0.399. The summed E-state index contributed by atoms with van der Waals surface area (Å²) in [6, 6.07) is 0. The normalized spacial score (nSPS) is 11.9. The van der Waals surface area contributed by atoms with Crippen molar-refractivity contribution in [1.82, 2.24) is 19.9 Å². The third-order valence-electron chi connectivity index (χ3n) is 2.48. The second-order valence-electron chi connectivity index (χ2n) is 3.78. The summed E-state index contributed by atoms with van der Waals surface area (Å²) in [5, 5.41) is 15.6. The molecule has 0 unspecified atom stereocenters. The van der Waals surface area contributed by atoms with Crippen LogP contribution in [0.1, 0.15) is 22.4 Å². The highest BCUT2D eigenvalue weighted by Gasteiger charge is 2.20. The van der Waals surface area contributed by atoms with Crippen molar-refractivity contribution in [2.24, 2.45) is 0 Å². The van der Waals surface area contributed by atoms with Gasteiger partial charge in [-0.25, -0.2) is 18.1 Å². The fourth-order valence-electron chi connectivity index (χ4n) is 1.47. The van der Waals surface area contributed by atoms with E-state index in [1.54, 1.807) is 6.20 Å². The van der Waals surface area contributed by atoms with Crippen LogP contribution in [0.2, 0.25) is 0 Å². The molecule has 2 rings (SSSR count). The lowest BCUT2D eigenvalue weighted by Crippen LogP contribution is -2.24. The van der Waals surface area contributed by atoms with E-state index in [4.69, 9.17) is 5.11 Å². The van der Waals surface area contributed by atoms with Crippen LogP contribution in [0, 0.1) is 0 Å². The van der Waals surface area contributed by atoms with Crippen LogP contribution < -0.4 is 4.72 Å². The lowest BCUT2D eigenvalue weighted by molar-refractivity contribution is 0.278. The van der Waals surface area contributed by atoms with Gasteiger partial charge >= 0.3 is 0 Å². The molecule has 0 saturated carbocycles. The molecule has 7 nitrogen and oxygen atoms in total. The van der Waals surface area contributed by atoms with Gasteiger partial charge in [-0.1, -0.05) is 6.92 Å². The first-order valence-corrected chi connectivity index (χ1v) is 7.93. The van der Waals surface area contributed by atoms with E-state index in [9.17, 15) is 8.42 Å². The van der Waals surface area contributed by atoms with Gasteiger partial charge in [0.2, 0.25) is 0 Å². The minimum atomic E-state index is -3.72. The third-order valence-corrected chi connectivity index (χ3v) is 5.04. The van der Waals surface area contributed by atoms with Gasteiger partial charge in [0.25, 0.3) is 10.0 Å². The molecule has 0 saturated heterocycles. The molecule has 3 N–H and O–H groups in total. The van der Waals surface area contributed by atoms with Gasteiger partial charge in [0.05, 0.1) is 19.3 Å². The van der Waals surface area contributed by atoms with Crippen molar-refractivity contribution in [3.8, 4) is 0 Å². The van der Waals surface area contributed by atoms with Crippen molar-refractivity contribution >= 4 is 21.4 Å². The SMILES string of the molecule is CCc1cnc(CNS(=O)(=O)c2[nH]ncc2CO)s1. The average molecular weight is 302 g/mol. The van der Waals surface area contributed by atoms with Crippen molar-refractivity contribution in [2.75, 3.05) is 0 Å². The van der Waals surface area contributed by atoms with Crippen LogP contribution in [-0.2, 0) is 29.6 Å². The zero-order chi connectivity index (χ0) is 13.9. The average Bonchev–Trinajstić information content (AvgIpc) is 3.05. The molecular weight excluding hydrogens is 288 g/mol. The summed E-state index contributed by atoms with van der Waals surface area (Å²) in [7, 11) is -3.72. The summed E-state index contributed by atoms with van der Waals surface area (Å²) < 4.78 is 26.4. The molecule has 0 aliphatic carbocycles. The standard InChI is InChI=1S/C10H14N4O3S2/c1-2-8-4-11-9(18-8)5-13-19(16,17)10-7(6-15)3-12-14-10/h3-4,13,15H,2,5-6H2,1H3,(H,12,14). The van der Waals surface area contributed by atoms with Crippen molar-refractivity contribution in [2.45, 2.75) is 31.5 Å². The number of nitrogens with zero attached hydrogens (tertiary/aromatic N) is 2. The second kappa shape index (κ2) is 5.78. The first-order valence-electron chi connectivity index (χ1n) is 5.63. The highest BCUT2D eigenvalue weighted by atomic mass is 32.2. The Morgan fingerprint density at radius 3 is 2.89 bits per heavy atom. The Morgan fingerprint density at radius 1 is 1.47 bits per heavy atom. The zero-order valence-electron chi connectivity index (χ0n) is 10.3. The monoisotopic (exact) mass is 302 g/mol. The molecule has 0 amide bonds. The van der Waals surface area contributed by atoms with Crippen molar-refractivity contribution in [1.29, 1.82) is 0 Å². The Balaban J connectivity index is 2.09. The molecule has 2 heterocycles. The largest absolute Gasteiger partial charge is 0.392 e. The lowest BCUT2D eigenvalue weighted by Gasteiger charge is -2.04. The molecule has 2 aromatic heterocycles. The number of aliphatic hydroxyl groups is 1. The van der Waals surface area contributed by atoms with E-state index in [1.165, 1.54) is 17.5 Å². The number of hydrogen-bond acceptors (Lipinski definition) is 6. The summed E-state index contributed by atoms with van der Waals surface area (Å²) in [5.41, 5.74) is 0.237. The molecule has 0 radical (unpaired) electrons. The smallest absolute Gasteiger partial charge is 0.258 e. The number of aliphatic hydroxyl groups excluding tert-OH is 1. The van der Waals surface area contributed by atoms with Crippen molar-refractivity contribution in [3.63, 3.8) is 0 Å². The van der Waals surface area contributed by atoms with Crippen LogP contribution >= 0.6 is 11.3 Å². The van der Waals surface area contributed by atoms with Gasteiger partial charge in [-0.3, -0.25) is 5.10 Å². The first kappa shape index (κ1) is 14.1. The van der Waals surface area contributed by atoms with Gasteiger partial charge < -0.3 is 5.11 Å². The molecule has 9 heteroatoms. The van der Waals surface area contributed by atoms with E-state index in [-0.39, 0.29) is 23.7 Å². The van der Waals surface area contributed by atoms with Gasteiger partial charge in [0.15, 0.2) is 5.03 Å². The fraction of sp³-hybridized carbons (Fsp3) is 0.400.